The standard InChI is InChI=1S/C23H25N3O4/c1-2-13-30-16-8-5-7-15(14-16)22-19-20(17-9-3-4-10-18(17)28)24-25-21(19)23(29)26(22)11-6-12-27/h3-5,7-10,14,22,27-28H,2,6,11-13H2,1H3,(H,24,25)/t22-/m1/s1. The largest absolute Gasteiger partial charge is 0.507 e. The number of aromatic nitrogens is 2. The van der Waals surface area contributed by atoms with Crippen molar-refractivity contribution in [2.45, 2.75) is 25.8 Å². The van der Waals surface area contributed by atoms with Gasteiger partial charge in [-0.2, -0.15) is 5.10 Å². The van der Waals surface area contributed by atoms with Crippen molar-refractivity contribution in [1.29, 1.82) is 0 Å². The number of phenols is 1. The van der Waals surface area contributed by atoms with Crippen LogP contribution in [0.25, 0.3) is 11.3 Å². The molecule has 1 aliphatic heterocycles. The van der Waals surface area contributed by atoms with Crippen LogP contribution in [0, 0.1) is 0 Å². The van der Waals surface area contributed by atoms with E-state index in [2.05, 4.69) is 10.2 Å². The highest BCUT2D eigenvalue weighted by Gasteiger charge is 2.42. The molecule has 0 unspecified atom stereocenters. The van der Waals surface area contributed by atoms with Gasteiger partial charge in [0.25, 0.3) is 5.91 Å². The maximum Gasteiger partial charge on any atom is 0.273 e. The van der Waals surface area contributed by atoms with E-state index in [1.54, 1.807) is 23.1 Å². The van der Waals surface area contributed by atoms with Crippen molar-refractivity contribution in [3.63, 3.8) is 0 Å². The first-order valence-electron chi connectivity index (χ1n) is 10.2. The number of carbonyl (C=O) groups is 1. The molecule has 2 aromatic carbocycles. The Kier molecular flexibility index (Phi) is 5.72. The molecule has 0 fully saturated rings. The first-order chi connectivity index (χ1) is 14.7. The molecule has 0 aliphatic carbocycles. The van der Waals surface area contributed by atoms with E-state index in [9.17, 15) is 15.0 Å². The van der Waals surface area contributed by atoms with E-state index in [0.29, 0.717) is 36.5 Å². The van der Waals surface area contributed by atoms with Gasteiger partial charge in [0.2, 0.25) is 0 Å². The summed E-state index contributed by atoms with van der Waals surface area (Å²) in [4.78, 5) is 14.9. The lowest BCUT2D eigenvalue weighted by Gasteiger charge is -2.26. The van der Waals surface area contributed by atoms with Crippen LogP contribution < -0.4 is 4.74 Å². The molecule has 4 rings (SSSR count). The maximum absolute atomic E-state index is 13.2. The van der Waals surface area contributed by atoms with Crippen LogP contribution in [-0.4, -0.2) is 51.0 Å². The number of aromatic hydroxyl groups is 1. The van der Waals surface area contributed by atoms with Gasteiger partial charge in [0.05, 0.1) is 12.6 Å². The summed E-state index contributed by atoms with van der Waals surface area (Å²) in [7, 11) is 0. The Balaban J connectivity index is 1.83. The molecule has 2 heterocycles. The topological polar surface area (TPSA) is 98.7 Å². The molecule has 1 amide bonds. The number of phenolic OH excluding ortho intramolecular Hbond substituents is 1. The Labute approximate surface area is 174 Å². The zero-order valence-corrected chi connectivity index (χ0v) is 16.8. The number of aliphatic hydroxyl groups excluding tert-OH is 1. The van der Waals surface area contributed by atoms with Gasteiger partial charge in [0.15, 0.2) is 0 Å². The third-order valence-corrected chi connectivity index (χ3v) is 5.23. The predicted molar refractivity (Wildman–Crippen MR) is 112 cm³/mol. The normalized spacial score (nSPS) is 15.5. The van der Waals surface area contributed by atoms with Gasteiger partial charge >= 0.3 is 0 Å². The monoisotopic (exact) mass is 407 g/mol. The summed E-state index contributed by atoms with van der Waals surface area (Å²) in [6, 6.07) is 14.3. The summed E-state index contributed by atoms with van der Waals surface area (Å²) >= 11 is 0. The Morgan fingerprint density at radius 3 is 2.80 bits per heavy atom. The van der Waals surface area contributed by atoms with Crippen LogP contribution >= 0.6 is 0 Å². The van der Waals surface area contributed by atoms with E-state index in [1.807, 2.05) is 37.3 Å². The number of hydrogen-bond donors (Lipinski definition) is 3. The lowest BCUT2D eigenvalue weighted by molar-refractivity contribution is 0.0732. The van der Waals surface area contributed by atoms with E-state index < -0.39 is 6.04 Å². The number of nitrogens with zero attached hydrogens (tertiary/aromatic N) is 2. The lowest BCUT2D eigenvalue weighted by Crippen LogP contribution is -2.31. The molecule has 7 heteroatoms. The fourth-order valence-electron chi connectivity index (χ4n) is 3.89. The average molecular weight is 407 g/mol. The second-order valence-corrected chi connectivity index (χ2v) is 7.28. The third kappa shape index (κ3) is 3.52. The van der Waals surface area contributed by atoms with Crippen molar-refractivity contribution in [3.8, 4) is 22.8 Å². The number of ether oxygens (including phenoxy) is 1. The Morgan fingerprint density at radius 2 is 2.03 bits per heavy atom. The van der Waals surface area contributed by atoms with Crippen molar-refractivity contribution in [1.82, 2.24) is 15.1 Å². The summed E-state index contributed by atoms with van der Waals surface area (Å²) in [6.07, 6.45) is 1.37. The number of aromatic amines is 1. The number of fused-ring (bicyclic) bond motifs is 1. The fourth-order valence-corrected chi connectivity index (χ4v) is 3.89. The number of amides is 1. The molecule has 30 heavy (non-hydrogen) atoms. The maximum atomic E-state index is 13.2. The van der Waals surface area contributed by atoms with E-state index in [1.165, 1.54) is 0 Å². The van der Waals surface area contributed by atoms with Gasteiger partial charge in [0.1, 0.15) is 22.9 Å². The smallest absolute Gasteiger partial charge is 0.273 e. The minimum Gasteiger partial charge on any atom is -0.507 e. The van der Waals surface area contributed by atoms with Crippen molar-refractivity contribution >= 4 is 5.91 Å². The zero-order valence-electron chi connectivity index (χ0n) is 16.8. The summed E-state index contributed by atoms with van der Waals surface area (Å²) in [5, 5.41) is 27.0. The molecule has 0 saturated carbocycles. The Hall–Kier alpha value is -3.32. The Bertz CT molecular complexity index is 1050. The summed E-state index contributed by atoms with van der Waals surface area (Å²) in [5.41, 5.74) is 3.15. The van der Waals surface area contributed by atoms with Crippen LogP contribution in [-0.2, 0) is 0 Å². The Morgan fingerprint density at radius 1 is 1.20 bits per heavy atom. The summed E-state index contributed by atoms with van der Waals surface area (Å²) in [5.74, 6) is 0.675. The first kappa shape index (κ1) is 20.0. The van der Waals surface area contributed by atoms with E-state index >= 15 is 0 Å². The number of H-pyrrole nitrogens is 1. The highest BCUT2D eigenvalue weighted by molar-refractivity contribution is 6.00. The fraction of sp³-hybridized carbons (Fsp3) is 0.304. The third-order valence-electron chi connectivity index (χ3n) is 5.23. The number of nitrogens with one attached hydrogen (secondary N) is 1. The molecule has 0 radical (unpaired) electrons. The second-order valence-electron chi connectivity index (χ2n) is 7.28. The van der Waals surface area contributed by atoms with Gasteiger partial charge in [-0.05, 0) is 42.7 Å². The lowest BCUT2D eigenvalue weighted by atomic mass is 9.95. The summed E-state index contributed by atoms with van der Waals surface area (Å²) in [6.45, 7) is 3.06. The van der Waals surface area contributed by atoms with E-state index in [0.717, 1.165) is 23.3 Å². The van der Waals surface area contributed by atoms with Crippen molar-refractivity contribution in [2.75, 3.05) is 19.8 Å². The van der Waals surface area contributed by atoms with Gasteiger partial charge < -0.3 is 19.8 Å². The molecule has 1 atom stereocenters. The van der Waals surface area contributed by atoms with Crippen molar-refractivity contribution < 1.29 is 19.7 Å². The quantitative estimate of drug-likeness (QED) is 0.531. The van der Waals surface area contributed by atoms with Gasteiger partial charge in [-0.25, -0.2) is 0 Å². The van der Waals surface area contributed by atoms with Crippen LogP contribution in [0.3, 0.4) is 0 Å². The molecule has 3 N–H and O–H groups in total. The molecule has 0 saturated heterocycles. The number of para-hydroxylation sites is 1. The van der Waals surface area contributed by atoms with Gasteiger partial charge in [0, 0.05) is 24.3 Å². The molecule has 1 aromatic heterocycles. The van der Waals surface area contributed by atoms with Crippen molar-refractivity contribution in [3.05, 3.63) is 65.4 Å². The van der Waals surface area contributed by atoms with Crippen LogP contribution in [0.5, 0.6) is 11.5 Å². The van der Waals surface area contributed by atoms with Crippen LogP contribution in [0.2, 0.25) is 0 Å². The van der Waals surface area contributed by atoms with Gasteiger partial charge in [-0.1, -0.05) is 31.2 Å². The molecular formula is C23H25N3O4. The van der Waals surface area contributed by atoms with Gasteiger partial charge in [-0.3, -0.25) is 9.89 Å². The van der Waals surface area contributed by atoms with E-state index in [-0.39, 0.29) is 18.3 Å². The molecule has 3 aromatic rings. The number of rotatable bonds is 8. The molecule has 156 valence electrons. The molecule has 0 spiro atoms. The number of benzene rings is 2. The summed E-state index contributed by atoms with van der Waals surface area (Å²) < 4.78 is 5.80. The molecule has 7 nitrogen and oxygen atoms in total. The van der Waals surface area contributed by atoms with Crippen molar-refractivity contribution in [2.24, 2.45) is 0 Å². The van der Waals surface area contributed by atoms with Crippen LogP contribution in [0.1, 0.15) is 47.4 Å². The minimum atomic E-state index is -0.391. The highest BCUT2D eigenvalue weighted by atomic mass is 16.5. The average Bonchev–Trinajstić information content (AvgIpc) is 3.30. The number of hydrogen-bond acceptors (Lipinski definition) is 5. The number of aliphatic hydroxyl groups is 1. The second kappa shape index (κ2) is 8.59. The molecule has 0 bridgehead atoms. The highest BCUT2D eigenvalue weighted by Crippen LogP contribution is 2.44. The minimum absolute atomic E-state index is 0.00529. The number of carbonyl (C=O) groups excluding carboxylic acids is 1. The molecule has 1 aliphatic rings. The zero-order chi connectivity index (χ0) is 21.1. The molecular weight excluding hydrogens is 382 g/mol. The van der Waals surface area contributed by atoms with Crippen LogP contribution in [0.15, 0.2) is 48.5 Å². The van der Waals surface area contributed by atoms with Gasteiger partial charge in [-0.15, -0.1) is 0 Å². The predicted octanol–water partition coefficient (Wildman–Crippen LogP) is 3.50. The SMILES string of the molecule is CCCOc1cccc([C@@H]2c3c(-c4ccccc4O)n[nH]c3C(=O)N2CCCO)c1. The first-order valence-corrected chi connectivity index (χ1v) is 10.2. The van der Waals surface area contributed by atoms with E-state index in [4.69, 9.17) is 4.74 Å². The van der Waals surface area contributed by atoms with Crippen LogP contribution in [0.4, 0.5) is 0 Å².